The van der Waals surface area contributed by atoms with Crippen LogP contribution in [0.4, 0.5) is 5.69 Å². The topological polar surface area (TPSA) is 110 Å². The fourth-order valence-corrected chi connectivity index (χ4v) is 6.56. The molecule has 156 valence electrons. The zero-order valence-electron chi connectivity index (χ0n) is 15.4. The number of aryl methyl sites for hydroxylation is 1. The van der Waals surface area contributed by atoms with Gasteiger partial charge in [0.05, 0.1) is 17.2 Å². The number of fused-ring (bicyclic) bond motifs is 1. The Labute approximate surface area is 177 Å². The SMILES string of the molecule is CCOP(=O)(O)CN(c1ccc2nc(C)oc2c1)S(=O)(=O)c1cc(Cl)cc(Cl)c1. The van der Waals surface area contributed by atoms with Gasteiger partial charge in [-0.05, 0) is 37.3 Å². The van der Waals surface area contributed by atoms with Crippen molar-refractivity contribution in [3.05, 3.63) is 52.3 Å². The van der Waals surface area contributed by atoms with E-state index < -0.39 is 23.9 Å². The standard InChI is InChI=1S/C17H17Cl2N2O6PS/c1-3-26-28(22,23)10-21(14-4-5-16-17(9-14)27-11(2)20-16)29(24,25)15-7-12(18)6-13(19)8-15/h4-9H,3,10H2,1-2H3,(H,22,23). The highest BCUT2D eigenvalue weighted by Crippen LogP contribution is 2.45. The van der Waals surface area contributed by atoms with Gasteiger partial charge in [0.15, 0.2) is 11.5 Å². The molecule has 0 amide bonds. The summed E-state index contributed by atoms with van der Waals surface area (Å²) in [7, 11) is -8.60. The molecule has 0 saturated heterocycles. The fourth-order valence-electron chi connectivity index (χ4n) is 2.69. The molecule has 0 aliphatic carbocycles. The molecule has 0 saturated carbocycles. The van der Waals surface area contributed by atoms with Crippen molar-refractivity contribution >= 4 is 57.6 Å². The number of oxazole rings is 1. The third-order valence-corrected chi connectivity index (χ3v) is 7.51. The number of anilines is 1. The third kappa shape index (κ3) is 4.94. The lowest BCUT2D eigenvalue weighted by molar-refractivity contribution is 0.274. The molecule has 1 atom stereocenters. The molecule has 1 unspecified atom stereocenters. The van der Waals surface area contributed by atoms with Crippen LogP contribution in [0.5, 0.6) is 0 Å². The lowest BCUT2D eigenvalue weighted by Crippen LogP contribution is -2.32. The molecule has 3 rings (SSSR count). The predicted octanol–water partition coefficient (Wildman–Crippen LogP) is 4.82. The molecular weight excluding hydrogens is 462 g/mol. The molecule has 8 nitrogen and oxygen atoms in total. The van der Waals surface area contributed by atoms with E-state index in [0.717, 1.165) is 4.31 Å². The van der Waals surface area contributed by atoms with E-state index in [9.17, 15) is 17.9 Å². The molecule has 3 aromatic rings. The second kappa shape index (κ2) is 8.26. The van der Waals surface area contributed by atoms with Gasteiger partial charge in [0, 0.05) is 23.0 Å². The summed E-state index contributed by atoms with van der Waals surface area (Å²) in [6.07, 6.45) is -0.814. The highest BCUT2D eigenvalue weighted by Gasteiger charge is 2.33. The van der Waals surface area contributed by atoms with Gasteiger partial charge in [-0.25, -0.2) is 13.4 Å². The summed E-state index contributed by atoms with van der Waals surface area (Å²) in [5.74, 6) is 0.398. The Hall–Kier alpha value is -1.61. The maximum absolute atomic E-state index is 13.3. The van der Waals surface area contributed by atoms with Crippen LogP contribution in [-0.4, -0.2) is 31.2 Å². The monoisotopic (exact) mass is 478 g/mol. The van der Waals surface area contributed by atoms with E-state index in [1.165, 1.54) is 37.3 Å². The van der Waals surface area contributed by atoms with E-state index in [-0.39, 0.29) is 27.2 Å². The van der Waals surface area contributed by atoms with Gasteiger partial charge in [-0.3, -0.25) is 8.87 Å². The van der Waals surface area contributed by atoms with Crippen molar-refractivity contribution in [2.45, 2.75) is 18.7 Å². The number of sulfonamides is 1. The summed E-state index contributed by atoms with van der Waals surface area (Å²) in [6, 6.07) is 8.22. The van der Waals surface area contributed by atoms with E-state index >= 15 is 0 Å². The van der Waals surface area contributed by atoms with Crippen molar-refractivity contribution in [3.63, 3.8) is 0 Å². The quantitative estimate of drug-likeness (QED) is 0.484. The summed E-state index contributed by atoms with van der Waals surface area (Å²) >= 11 is 11.9. The van der Waals surface area contributed by atoms with Gasteiger partial charge < -0.3 is 13.8 Å². The largest absolute Gasteiger partial charge is 0.441 e. The Morgan fingerprint density at radius 2 is 1.86 bits per heavy atom. The molecule has 2 aromatic carbocycles. The van der Waals surface area contributed by atoms with E-state index in [0.29, 0.717) is 17.0 Å². The van der Waals surface area contributed by atoms with Crippen LogP contribution in [0, 0.1) is 6.92 Å². The lowest BCUT2D eigenvalue weighted by Gasteiger charge is -2.26. The molecular formula is C17H17Cl2N2O6PS. The van der Waals surface area contributed by atoms with E-state index in [1.807, 2.05) is 0 Å². The Kier molecular flexibility index (Phi) is 6.29. The van der Waals surface area contributed by atoms with E-state index in [4.69, 9.17) is 32.1 Å². The minimum atomic E-state index is -4.32. The Morgan fingerprint density at radius 1 is 1.21 bits per heavy atom. The van der Waals surface area contributed by atoms with Crippen molar-refractivity contribution in [1.82, 2.24) is 4.98 Å². The number of hydrogen-bond donors (Lipinski definition) is 1. The second-order valence-corrected chi connectivity index (χ2v) is 10.6. The molecule has 0 aliphatic rings. The molecule has 12 heteroatoms. The van der Waals surface area contributed by atoms with Crippen LogP contribution in [0.1, 0.15) is 12.8 Å². The van der Waals surface area contributed by atoms with E-state index in [1.54, 1.807) is 13.0 Å². The van der Waals surface area contributed by atoms with E-state index in [2.05, 4.69) is 4.98 Å². The molecule has 0 bridgehead atoms. The van der Waals surface area contributed by atoms with Crippen LogP contribution >= 0.6 is 30.8 Å². The Bertz CT molecular complexity index is 1190. The highest BCUT2D eigenvalue weighted by atomic mass is 35.5. The summed E-state index contributed by atoms with van der Waals surface area (Å²) in [5, 5.41) is 0.212. The molecule has 1 N–H and O–H groups in total. The van der Waals surface area contributed by atoms with Gasteiger partial charge in [0.25, 0.3) is 10.0 Å². The van der Waals surface area contributed by atoms with Crippen molar-refractivity contribution < 1.29 is 26.8 Å². The lowest BCUT2D eigenvalue weighted by atomic mass is 10.3. The molecule has 1 aromatic heterocycles. The average molecular weight is 479 g/mol. The molecule has 0 radical (unpaired) electrons. The van der Waals surface area contributed by atoms with Crippen molar-refractivity contribution in [2.75, 3.05) is 17.2 Å². The first-order valence-electron chi connectivity index (χ1n) is 8.34. The van der Waals surface area contributed by atoms with Crippen molar-refractivity contribution in [2.24, 2.45) is 0 Å². The molecule has 0 fully saturated rings. The summed E-state index contributed by atoms with van der Waals surface area (Å²) in [5.41, 5.74) is 0.943. The normalized spacial score (nSPS) is 14.1. The minimum absolute atomic E-state index is 0.0645. The maximum atomic E-state index is 13.3. The molecule has 29 heavy (non-hydrogen) atoms. The number of aromatic nitrogens is 1. The predicted molar refractivity (Wildman–Crippen MR) is 111 cm³/mol. The summed E-state index contributed by atoms with van der Waals surface area (Å²) < 4.78 is 50.2. The van der Waals surface area contributed by atoms with Gasteiger partial charge in [0.1, 0.15) is 11.8 Å². The minimum Gasteiger partial charge on any atom is -0.441 e. The highest BCUT2D eigenvalue weighted by molar-refractivity contribution is 7.93. The van der Waals surface area contributed by atoms with Gasteiger partial charge in [-0.1, -0.05) is 23.2 Å². The van der Waals surface area contributed by atoms with Gasteiger partial charge in [-0.2, -0.15) is 0 Å². The summed E-state index contributed by atoms with van der Waals surface area (Å²) in [4.78, 5) is 14.0. The fraction of sp³-hybridized carbons (Fsp3) is 0.235. The van der Waals surface area contributed by atoms with Crippen LogP contribution < -0.4 is 4.31 Å². The van der Waals surface area contributed by atoms with Gasteiger partial charge >= 0.3 is 7.60 Å². The maximum Gasteiger partial charge on any atom is 0.348 e. The number of nitrogens with zero attached hydrogens (tertiary/aromatic N) is 2. The van der Waals surface area contributed by atoms with Crippen molar-refractivity contribution in [3.8, 4) is 0 Å². The van der Waals surface area contributed by atoms with Crippen LogP contribution in [0.2, 0.25) is 10.0 Å². The average Bonchev–Trinajstić information content (AvgIpc) is 2.97. The van der Waals surface area contributed by atoms with Crippen LogP contribution in [0.3, 0.4) is 0 Å². The Balaban J connectivity index is 2.16. The smallest absolute Gasteiger partial charge is 0.348 e. The molecule has 1 heterocycles. The number of benzene rings is 2. The zero-order valence-corrected chi connectivity index (χ0v) is 18.6. The second-order valence-electron chi connectivity index (χ2n) is 6.04. The number of hydrogen-bond acceptors (Lipinski definition) is 6. The number of rotatable bonds is 7. The van der Waals surface area contributed by atoms with Gasteiger partial charge in [0.2, 0.25) is 0 Å². The zero-order chi connectivity index (χ0) is 21.4. The first-order valence-corrected chi connectivity index (χ1v) is 12.3. The van der Waals surface area contributed by atoms with Crippen LogP contribution in [0.15, 0.2) is 45.7 Å². The van der Waals surface area contributed by atoms with Gasteiger partial charge in [-0.15, -0.1) is 0 Å². The molecule has 0 spiro atoms. The Morgan fingerprint density at radius 3 is 2.48 bits per heavy atom. The van der Waals surface area contributed by atoms with Crippen LogP contribution in [0.25, 0.3) is 11.1 Å². The first-order chi connectivity index (χ1) is 13.5. The number of halogens is 2. The van der Waals surface area contributed by atoms with Crippen molar-refractivity contribution in [1.29, 1.82) is 0 Å². The molecule has 0 aliphatic heterocycles. The first kappa shape index (κ1) is 22.1. The third-order valence-electron chi connectivity index (χ3n) is 3.83. The summed E-state index contributed by atoms with van der Waals surface area (Å²) in [6.45, 7) is 3.12. The van der Waals surface area contributed by atoms with Crippen LogP contribution in [-0.2, 0) is 19.1 Å².